The second kappa shape index (κ2) is 8.50. The van der Waals surface area contributed by atoms with E-state index in [1.807, 2.05) is 32.0 Å². The molecule has 5 heteroatoms. The smallest absolute Gasteiger partial charge is 0.306 e. The van der Waals surface area contributed by atoms with Gasteiger partial charge in [0.25, 0.3) is 0 Å². The monoisotopic (exact) mass is 345 g/mol. The minimum Gasteiger partial charge on any atom is -0.461 e. The minimum atomic E-state index is -0.402. The molecule has 0 aromatic heterocycles. The van der Waals surface area contributed by atoms with Crippen LogP contribution in [0.5, 0.6) is 0 Å². The molecule has 2 aromatic carbocycles. The predicted molar refractivity (Wildman–Crippen MR) is 95.0 cm³/mol. The fourth-order valence-corrected chi connectivity index (χ4v) is 2.43. The quantitative estimate of drug-likeness (QED) is 0.788. The van der Waals surface area contributed by atoms with E-state index in [2.05, 4.69) is 5.32 Å². The molecule has 0 aliphatic carbocycles. The molecule has 0 saturated carbocycles. The van der Waals surface area contributed by atoms with Gasteiger partial charge in [-0.1, -0.05) is 29.8 Å². The Bertz CT molecular complexity index is 706. The van der Waals surface area contributed by atoms with Crippen LogP contribution in [-0.2, 0) is 20.9 Å². The number of hydrogen-bond acceptors (Lipinski definition) is 3. The fraction of sp³-hybridized carbons (Fsp3) is 0.263. The van der Waals surface area contributed by atoms with Gasteiger partial charge in [-0.25, -0.2) is 0 Å². The van der Waals surface area contributed by atoms with Crippen molar-refractivity contribution in [2.45, 2.75) is 33.3 Å². The Morgan fingerprint density at radius 2 is 1.62 bits per heavy atom. The van der Waals surface area contributed by atoms with Crippen molar-refractivity contribution < 1.29 is 14.3 Å². The molecule has 126 valence electrons. The molecule has 0 aliphatic heterocycles. The van der Waals surface area contributed by atoms with E-state index in [0.29, 0.717) is 5.02 Å². The SMILES string of the molecule is Cc1cc(C)cc(NC(=O)CCC(=O)OCc2ccc(Cl)cc2)c1. The number of hydrogen-bond donors (Lipinski definition) is 1. The molecule has 0 aliphatic rings. The van der Waals surface area contributed by atoms with Crippen LogP contribution in [-0.4, -0.2) is 11.9 Å². The zero-order valence-corrected chi connectivity index (χ0v) is 14.5. The van der Waals surface area contributed by atoms with E-state index in [4.69, 9.17) is 16.3 Å². The van der Waals surface area contributed by atoms with Crippen LogP contribution in [0.15, 0.2) is 42.5 Å². The summed E-state index contributed by atoms with van der Waals surface area (Å²) >= 11 is 5.79. The number of benzene rings is 2. The third-order valence-electron chi connectivity index (χ3n) is 3.37. The van der Waals surface area contributed by atoms with Crippen molar-refractivity contribution in [3.63, 3.8) is 0 Å². The van der Waals surface area contributed by atoms with Crippen LogP contribution in [0.2, 0.25) is 5.02 Å². The van der Waals surface area contributed by atoms with Crippen molar-refractivity contribution in [1.82, 2.24) is 0 Å². The highest BCUT2D eigenvalue weighted by molar-refractivity contribution is 6.30. The average Bonchev–Trinajstić information content (AvgIpc) is 2.51. The molecule has 0 unspecified atom stereocenters. The van der Waals surface area contributed by atoms with Crippen molar-refractivity contribution >= 4 is 29.2 Å². The lowest BCUT2D eigenvalue weighted by Gasteiger charge is -2.08. The van der Waals surface area contributed by atoms with Crippen LogP contribution in [0.4, 0.5) is 5.69 Å². The molecule has 1 N–H and O–H groups in total. The molecule has 0 heterocycles. The lowest BCUT2D eigenvalue weighted by Crippen LogP contribution is -2.14. The summed E-state index contributed by atoms with van der Waals surface area (Å²) in [6.07, 6.45) is 0.136. The van der Waals surface area contributed by atoms with Gasteiger partial charge in [0, 0.05) is 17.1 Å². The van der Waals surface area contributed by atoms with E-state index < -0.39 is 5.97 Å². The number of ether oxygens (including phenoxy) is 1. The summed E-state index contributed by atoms with van der Waals surface area (Å²) in [4.78, 5) is 23.6. The Morgan fingerprint density at radius 1 is 1.00 bits per heavy atom. The fourth-order valence-electron chi connectivity index (χ4n) is 2.30. The Labute approximate surface area is 146 Å². The standard InChI is InChI=1S/C19H20ClNO3/c1-13-9-14(2)11-17(10-13)21-18(22)7-8-19(23)24-12-15-3-5-16(20)6-4-15/h3-6,9-11H,7-8,12H2,1-2H3,(H,21,22). The number of esters is 1. The van der Waals surface area contributed by atoms with E-state index >= 15 is 0 Å². The Balaban J connectivity index is 1.74. The first-order valence-electron chi connectivity index (χ1n) is 7.70. The maximum absolute atomic E-state index is 11.9. The number of halogens is 1. The van der Waals surface area contributed by atoms with Gasteiger partial charge in [0.1, 0.15) is 6.61 Å². The summed E-state index contributed by atoms with van der Waals surface area (Å²) in [6, 6.07) is 12.9. The van der Waals surface area contributed by atoms with Gasteiger partial charge in [0.15, 0.2) is 0 Å². The lowest BCUT2D eigenvalue weighted by molar-refractivity contribution is -0.145. The first-order chi connectivity index (χ1) is 11.4. The molecular weight excluding hydrogens is 326 g/mol. The summed E-state index contributed by atoms with van der Waals surface area (Å²) in [6.45, 7) is 4.11. The third kappa shape index (κ3) is 6.05. The number of carbonyl (C=O) groups is 2. The van der Waals surface area contributed by atoms with Gasteiger partial charge >= 0.3 is 5.97 Å². The number of anilines is 1. The van der Waals surface area contributed by atoms with Crippen LogP contribution in [0.3, 0.4) is 0 Å². The van der Waals surface area contributed by atoms with Crippen LogP contribution in [0, 0.1) is 13.8 Å². The summed E-state index contributed by atoms with van der Waals surface area (Å²) in [5.74, 6) is -0.607. The summed E-state index contributed by atoms with van der Waals surface area (Å²) in [7, 11) is 0. The van der Waals surface area contributed by atoms with Crippen molar-refractivity contribution in [3.8, 4) is 0 Å². The van der Waals surface area contributed by atoms with Gasteiger partial charge in [-0.2, -0.15) is 0 Å². The zero-order chi connectivity index (χ0) is 17.5. The second-order valence-electron chi connectivity index (χ2n) is 5.71. The third-order valence-corrected chi connectivity index (χ3v) is 3.63. The number of rotatable bonds is 6. The number of amides is 1. The van der Waals surface area contributed by atoms with Crippen molar-refractivity contribution in [3.05, 3.63) is 64.2 Å². The predicted octanol–water partition coefficient (Wildman–Crippen LogP) is 4.42. The van der Waals surface area contributed by atoms with Crippen LogP contribution < -0.4 is 5.32 Å². The molecule has 0 fully saturated rings. The summed E-state index contributed by atoms with van der Waals surface area (Å²) < 4.78 is 5.14. The number of aryl methyl sites for hydroxylation is 2. The molecule has 2 aromatic rings. The second-order valence-corrected chi connectivity index (χ2v) is 6.15. The van der Waals surface area contributed by atoms with Crippen LogP contribution in [0.25, 0.3) is 0 Å². The molecular formula is C19H20ClNO3. The van der Waals surface area contributed by atoms with E-state index in [9.17, 15) is 9.59 Å². The van der Waals surface area contributed by atoms with E-state index in [1.165, 1.54) is 0 Å². The molecule has 4 nitrogen and oxygen atoms in total. The van der Waals surface area contributed by atoms with Gasteiger partial charge < -0.3 is 10.1 Å². The molecule has 0 spiro atoms. The first kappa shape index (κ1) is 18.0. The van der Waals surface area contributed by atoms with E-state index in [-0.39, 0.29) is 25.4 Å². The molecule has 24 heavy (non-hydrogen) atoms. The first-order valence-corrected chi connectivity index (χ1v) is 8.08. The lowest BCUT2D eigenvalue weighted by atomic mass is 10.1. The van der Waals surface area contributed by atoms with Crippen LogP contribution in [0.1, 0.15) is 29.5 Å². The maximum Gasteiger partial charge on any atom is 0.306 e. The highest BCUT2D eigenvalue weighted by atomic mass is 35.5. The van der Waals surface area contributed by atoms with Gasteiger partial charge in [-0.3, -0.25) is 9.59 Å². The van der Waals surface area contributed by atoms with Gasteiger partial charge in [0.2, 0.25) is 5.91 Å². The molecule has 0 radical (unpaired) electrons. The van der Waals surface area contributed by atoms with E-state index in [0.717, 1.165) is 22.4 Å². The minimum absolute atomic E-state index is 0.0459. The van der Waals surface area contributed by atoms with Gasteiger partial charge in [-0.05, 0) is 54.8 Å². The highest BCUT2D eigenvalue weighted by Crippen LogP contribution is 2.14. The van der Waals surface area contributed by atoms with Gasteiger partial charge in [-0.15, -0.1) is 0 Å². The number of nitrogens with one attached hydrogen (secondary N) is 1. The normalized spacial score (nSPS) is 10.3. The van der Waals surface area contributed by atoms with Crippen molar-refractivity contribution in [2.75, 3.05) is 5.32 Å². The largest absolute Gasteiger partial charge is 0.461 e. The molecule has 2 rings (SSSR count). The van der Waals surface area contributed by atoms with Crippen molar-refractivity contribution in [2.24, 2.45) is 0 Å². The molecule has 1 amide bonds. The Hall–Kier alpha value is -2.33. The average molecular weight is 346 g/mol. The highest BCUT2D eigenvalue weighted by Gasteiger charge is 2.09. The zero-order valence-electron chi connectivity index (χ0n) is 13.8. The Morgan fingerprint density at radius 3 is 2.25 bits per heavy atom. The number of carbonyl (C=O) groups excluding carboxylic acids is 2. The maximum atomic E-state index is 11.9. The van der Waals surface area contributed by atoms with E-state index in [1.54, 1.807) is 24.3 Å². The topological polar surface area (TPSA) is 55.4 Å². The van der Waals surface area contributed by atoms with Crippen LogP contribution >= 0.6 is 11.6 Å². The summed E-state index contributed by atoms with van der Waals surface area (Å²) in [5, 5.41) is 3.43. The molecule has 0 atom stereocenters. The molecule has 0 bridgehead atoms. The van der Waals surface area contributed by atoms with Crippen molar-refractivity contribution in [1.29, 1.82) is 0 Å². The van der Waals surface area contributed by atoms with Gasteiger partial charge in [0.05, 0.1) is 6.42 Å². The Kier molecular flexibility index (Phi) is 6.38. The molecule has 0 saturated heterocycles. The summed E-state index contributed by atoms with van der Waals surface area (Å²) in [5.41, 5.74) is 3.75.